The topological polar surface area (TPSA) is 91.6 Å². The molecule has 0 spiro atoms. The number of hydrogen-bond acceptors (Lipinski definition) is 6. The van der Waals surface area contributed by atoms with E-state index in [0.717, 1.165) is 12.1 Å². The second-order valence-electron chi connectivity index (χ2n) is 7.50. The van der Waals surface area contributed by atoms with Gasteiger partial charge < -0.3 is 14.8 Å². The summed E-state index contributed by atoms with van der Waals surface area (Å²) >= 11 is 6.26. The van der Waals surface area contributed by atoms with E-state index in [1.165, 1.54) is 13.3 Å². The Hall–Kier alpha value is -3.63. The van der Waals surface area contributed by atoms with Gasteiger partial charge in [0.1, 0.15) is 22.4 Å². The van der Waals surface area contributed by atoms with Gasteiger partial charge in [0, 0.05) is 26.6 Å². The van der Waals surface area contributed by atoms with Gasteiger partial charge in [-0.15, -0.1) is 0 Å². The maximum absolute atomic E-state index is 13.6. The number of benzene rings is 1. The molecular weight excluding hydrogens is 480 g/mol. The Morgan fingerprint density at radius 2 is 2.09 bits per heavy atom. The summed E-state index contributed by atoms with van der Waals surface area (Å²) in [4.78, 5) is 29.7. The highest BCUT2D eigenvalue weighted by Crippen LogP contribution is 2.34. The Labute approximate surface area is 195 Å². The summed E-state index contributed by atoms with van der Waals surface area (Å²) in [6.07, 6.45) is -3.62. The van der Waals surface area contributed by atoms with Gasteiger partial charge in [0.2, 0.25) is 0 Å². The van der Waals surface area contributed by atoms with Gasteiger partial charge in [-0.05, 0) is 17.7 Å². The van der Waals surface area contributed by atoms with E-state index in [4.69, 9.17) is 11.6 Å². The van der Waals surface area contributed by atoms with Crippen LogP contribution in [0.5, 0.6) is 0 Å². The number of carbonyl (C=O) groups excluding carboxylic acids is 2. The molecule has 2 aliphatic rings. The second-order valence-corrected chi connectivity index (χ2v) is 7.88. The Morgan fingerprint density at radius 3 is 2.76 bits per heavy atom. The van der Waals surface area contributed by atoms with Gasteiger partial charge in [0.05, 0.1) is 29.7 Å². The highest BCUT2D eigenvalue weighted by Gasteiger charge is 2.35. The van der Waals surface area contributed by atoms with E-state index in [9.17, 15) is 27.2 Å². The number of nitrogens with zero attached hydrogens (tertiary/aromatic N) is 4. The number of nitrogens with one attached hydrogen (secondary N) is 2. The van der Waals surface area contributed by atoms with Crippen LogP contribution < -0.4 is 10.7 Å². The van der Waals surface area contributed by atoms with Crippen LogP contribution in [0.3, 0.4) is 0 Å². The molecule has 0 saturated heterocycles. The summed E-state index contributed by atoms with van der Waals surface area (Å²) < 4.78 is 55.8. The van der Waals surface area contributed by atoms with Crippen molar-refractivity contribution in [3.05, 3.63) is 68.8 Å². The van der Waals surface area contributed by atoms with Crippen LogP contribution in [-0.4, -0.2) is 46.1 Å². The van der Waals surface area contributed by atoms with E-state index in [2.05, 4.69) is 20.8 Å². The van der Waals surface area contributed by atoms with Crippen LogP contribution in [-0.2, 0) is 30.5 Å². The maximum atomic E-state index is 13.6. The summed E-state index contributed by atoms with van der Waals surface area (Å²) in [5.41, 5.74) is 1.81. The SMILES string of the molecule is CNC(=O)c1nc2n(c1Cc1ccc(F)cc1C(F)(F)F)CCN(C1=C(Cl)C(=C=O)NN=C1)C2. The van der Waals surface area contributed by atoms with Gasteiger partial charge in [0.15, 0.2) is 11.6 Å². The molecule has 0 atom stereocenters. The molecule has 2 aliphatic heterocycles. The van der Waals surface area contributed by atoms with Gasteiger partial charge in [-0.1, -0.05) is 17.7 Å². The Kier molecular flexibility index (Phi) is 6.20. The highest BCUT2D eigenvalue weighted by molar-refractivity contribution is 6.34. The molecular formula is C21H17ClF4N6O2. The van der Waals surface area contributed by atoms with Gasteiger partial charge in [0.25, 0.3) is 5.91 Å². The number of carbonyl (C=O) groups is 1. The maximum Gasteiger partial charge on any atom is 0.416 e. The quantitative estimate of drug-likeness (QED) is 0.501. The minimum absolute atomic E-state index is 0.0238. The summed E-state index contributed by atoms with van der Waals surface area (Å²) in [5.74, 6) is 0.500. The lowest BCUT2D eigenvalue weighted by molar-refractivity contribution is -0.138. The zero-order valence-corrected chi connectivity index (χ0v) is 18.4. The number of allylic oxidation sites excluding steroid dienone is 2. The summed E-state index contributed by atoms with van der Waals surface area (Å²) in [6.45, 7) is 0.776. The number of rotatable bonds is 4. The van der Waals surface area contributed by atoms with E-state index in [-0.39, 0.29) is 47.2 Å². The molecule has 2 N–H and O–H groups in total. The van der Waals surface area contributed by atoms with Crippen molar-refractivity contribution in [3.63, 3.8) is 0 Å². The number of fused-ring (bicyclic) bond motifs is 1. The molecule has 0 aliphatic carbocycles. The first-order valence-electron chi connectivity index (χ1n) is 9.99. The lowest BCUT2D eigenvalue weighted by Crippen LogP contribution is -2.36. The molecule has 34 heavy (non-hydrogen) atoms. The molecule has 13 heteroatoms. The van der Waals surface area contributed by atoms with Crippen LogP contribution in [0.15, 0.2) is 39.7 Å². The lowest BCUT2D eigenvalue weighted by Gasteiger charge is -2.32. The van der Waals surface area contributed by atoms with E-state index in [0.29, 0.717) is 24.1 Å². The second kappa shape index (κ2) is 8.96. The zero-order valence-electron chi connectivity index (χ0n) is 17.6. The molecule has 0 radical (unpaired) electrons. The molecule has 1 aromatic carbocycles. The molecule has 178 valence electrons. The van der Waals surface area contributed by atoms with Crippen LogP contribution in [0, 0.1) is 5.82 Å². The van der Waals surface area contributed by atoms with Crippen LogP contribution in [0.4, 0.5) is 17.6 Å². The fourth-order valence-electron chi connectivity index (χ4n) is 3.90. The van der Waals surface area contributed by atoms with E-state index >= 15 is 0 Å². The molecule has 0 bridgehead atoms. The van der Waals surface area contributed by atoms with E-state index in [1.54, 1.807) is 15.4 Å². The molecule has 0 saturated carbocycles. The minimum atomic E-state index is -4.77. The van der Waals surface area contributed by atoms with Crippen molar-refractivity contribution in [3.8, 4) is 0 Å². The van der Waals surface area contributed by atoms with E-state index in [1.807, 2.05) is 0 Å². The predicted octanol–water partition coefficient (Wildman–Crippen LogP) is 2.56. The first-order chi connectivity index (χ1) is 16.1. The molecule has 0 fully saturated rings. The molecule has 2 aromatic rings. The standard InChI is InChI=1S/C21H17ClF4N6O2/c1-27-20(34)19-15(6-11-2-3-12(23)7-13(11)21(24,25)26)32-5-4-31(9-17(32)29-19)16-8-28-30-14(10-33)18(16)22/h2-3,7-8,30H,4-6,9H2,1H3,(H,27,34). The Morgan fingerprint density at radius 1 is 1.32 bits per heavy atom. The number of amides is 1. The smallest absolute Gasteiger partial charge is 0.360 e. The van der Waals surface area contributed by atoms with Crippen LogP contribution >= 0.6 is 11.6 Å². The fourth-order valence-corrected chi connectivity index (χ4v) is 4.15. The summed E-state index contributed by atoms with van der Waals surface area (Å²) in [7, 11) is 1.39. The van der Waals surface area contributed by atoms with Crippen molar-refractivity contribution in [2.75, 3.05) is 13.6 Å². The number of alkyl halides is 3. The van der Waals surface area contributed by atoms with Gasteiger partial charge >= 0.3 is 6.18 Å². The first-order valence-corrected chi connectivity index (χ1v) is 10.4. The first kappa shape index (κ1) is 23.5. The van der Waals surface area contributed by atoms with Crippen molar-refractivity contribution in [1.29, 1.82) is 0 Å². The van der Waals surface area contributed by atoms with Crippen LogP contribution in [0.1, 0.15) is 33.1 Å². The minimum Gasteiger partial charge on any atom is -0.360 e. The number of imidazole rings is 1. The molecule has 8 nitrogen and oxygen atoms in total. The Balaban J connectivity index is 1.75. The molecule has 0 unspecified atom stereocenters. The average molecular weight is 497 g/mol. The summed E-state index contributed by atoms with van der Waals surface area (Å²) in [6, 6.07) is 2.44. The van der Waals surface area contributed by atoms with Crippen LogP contribution in [0.2, 0.25) is 0 Å². The molecule has 1 aromatic heterocycles. The number of hydrazone groups is 1. The predicted molar refractivity (Wildman–Crippen MR) is 114 cm³/mol. The molecule has 1 amide bonds. The third-order valence-electron chi connectivity index (χ3n) is 5.51. The summed E-state index contributed by atoms with van der Waals surface area (Å²) in [5, 5.41) is 6.42. The third kappa shape index (κ3) is 4.29. The van der Waals surface area contributed by atoms with E-state index < -0.39 is 23.5 Å². The molecule has 3 heterocycles. The lowest BCUT2D eigenvalue weighted by atomic mass is 10.0. The fraction of sp³-hybridized carbons (Fsp3) is 0.286. The number of aromatic nitrogens is 2. The number of hydrogen-bond donors (Lipinski definition) is 2. The third-order valence-corrected chi connectivity index (χ3v) is 5.89. The van der Waals surface area contributed by atoms with Gasteiger partial charge in [-0.2, -0.15) is 18.3 Å². The van der Waals surface area contributed by atoms with Crippen molar-refractivity contribution in [1.82, 2.24) is 25.2 Å². The largest absolute Gasteiger partial charge is 0.416 e. The average Bonchev–Trinajstić information content (AvgIpc) is 3.16. The highest BCUT2D eigenvalue weighted by atomic mass is 35.5. The molecule has 4 rings (SSSR count). The van der Waals surface area contributed by atoms with Crippen LogP contribution in [0.25, 0.3) is 0 Å². The van der Waals surface area contributed by atoms with Gasteiger partial charge in [-0.3, -0.25) is 10.2 Å². The van der Waals surface area contributed by atoms with Crippen molar-refractivity contribution >= 4 is 29.7 Å². The normalized spacial score (nSPS) is 15.7. The van der Waals surface area contributed by atoms with Gasteiger partial charge in [-0.25, -0.2) is 14.2 Å². The van der Waals surface area contributed by atoms with Crippen molar-refractivity contribution in [2.24, 2.45) is 5.10 Å². The zero-order chi connectivity index (χ0) is 24.6. The van der Waals surface area contributed by atoms with Crippen molar-refractivity contribution in [2.45, 2.75) is 25.7 Å². The monoisotopic (exact) mass is 496 g/mol. The van der Waals surface area contributed by atoms with Crippen molar-refractivity contribution < 1.29 is 27.2 Å². The number of halogens is 5. The Bertz CT molecular complexity index is 1280.